The standard InChI is InChI=1S/C16H15N3O2/c1-2-21-16(20)15-14(18-11-7-9-17-10-8-11)12-5-3-4-6-13(12)19-15/h3-10,19H,2H2,1H3,(H,17,18). The van der Waals surface area contributed by atoms with Crippen LogP contribution in [0.15, 0.2) is 48.8 Å². The summed E-state index contributed by atoms with van der Waals surface area (Å²) in [5.41, 5.74) is 2.89. The van der Waals surface area contributed by atoms with Gasteiger partial charge in [-0.05, 0) is 25.1 Å². The summed E-state index contributed by atoms with van der Waals surface area (Å²) in [6, 6.07) is 11.4. The maximum atomic E-state index is 12.1. The molecule has 5 heteroatoms. The molecular weight excluding hydrogens is 266 g/mol. The van der Waals surface area contributed by atoms with E-state index in [9.17, 15) is 4.79 Å². The molecule has 0 aliphatic carbocycles. The fourth-order valence-electron chi connectivity index (χ4n) is 2.21. The van der Waals surface area contributed by atoms with Gasteiger partial charge in [-0.1, -0.05) is 18.2 Å². The van der Waals surface area contributed by atoms with Crippen molar-refractivity contribution in [1.29, 1.82) is 0 Å². The Morgan fingerprint density at radius 1 is 1.24 bits per heavy atom. The molecule has 0 aliphatic heterocycles. The number of fused-ring (bicyclic) bond motifs is 1. The summed E-state index contributed by atoms with van der Waals surface area (Å²) in [5, 5.41) is 4.20. The molecule has 3 rings (SSSR count). The summed E-state index contributed by atoms with van der Waals surface area (Å²) in [6.45, 7) is 2.12. The van der Waals surface area contributed by atoms with E-state index in [-0.39, 0.29) is 5.97 Å². The van der Waals surface area contributed by atoms with E-state index in [0.717, 1.165) is 22.3 Å². The lowest BCUT2D eigenvalue weighted by molar-refractivity contribution is 0.0522. The van der Waals surface area contributed by atoms with Crippen LogP contribution in [0.3, 0.4) is 0 Å². The first-order valence-electron chi connectivity index (χ1n) is 6.74. The number of rotatable bonds is 4. The number of carbonyl (C=O) groups is 1. The molecule has 2 heterocycles. The molecule has 21 heavy (non-hydrogen) atoms. The molecule has 2 aromatic heterocycles. The molecule has 3 aromatic rings. The van der Waals surface area contributed by atoms with Gasteiger partial charge in [0.25, 0.3) is 0 Å². The molecule has 2 N–H and O–H groups in total. The second kappa shape index (κ2) is 5.66. The highest BCUT2D eigenvalue weighted by Crippen LogP contribution is 2.30. The van der Waals surface area contributed by atoms with Crippen molar-refractivity contribution in [2.24, 2.45) is 0 Å². The van der Waals surface area contributed by atoms with Gasteiger partial charge in [0.05, 0.1) is 12.3 Å². The summed E-state index contributed by atoms with van der Waals surface area (Å²) in [6.07, 6.45) is 3.39. The van der Waals surface area contributed by atoms with Crippen molar-refractivity contribution >= 4 is 28.2 Å². The first kappa shape index (κ1) is 13.2. The lowest BCUT2D eigenvalue weighted by Crippen LogP contribution is -2.07. The molecule has 0 aliphatic rings. The van der Waals surface area contributed by atoms with Gasteiger partial charge >= 0.3 is 5.97 Å². The van der Waals surface area contributed by atoms with E-state index >= 15 is 0 Å². The van der Waals surface area contributed by atoms with Gasteiger partial charge in [-0.2, -0.15) is 0 Å². The maximum absolute atomic E-state index is 12.1. The largest absolute Gasteiger partial charge is 0.461 e. The molecule has 0 radical (unpaired) electrons. The zero-order valence-corrected chi connectivity index (χ0v) is 11.6. The van der Waals surface area contributed by atoms with Crippen LogP contribution in [0.25, 0.3) is 10.9 Å². The van der Waals surface area contributed by atoms with E-state index in [1.807, 2.05) is 36.4 Å². The quantitative estimate of drug-likeness (QED) is 0.718. The minimum Gasteiger partial charge on any atom is -0.461 e. The number of benzene rings is 1. The van der Waals surface area contributed by atoms with E-state index in [2.05, 4.69) is 15.3 Å². The number of aromatic amines is 1. The number of esters is 1. The van der Waals surface area contributed by atoms with Crippen LogP contribution in [0.5, 0.6) is 0 Å². The van der Waals surface area contributed by atoms with Crippen LogP contribution in [-0.2, 0) is 4.74 Å². The number of ether oxygens (including phenoxy) is 1. The summed E-state index contributed by atoms with van der Waals surface area (Å²) in [4.78, 5) is 19.2. The number of para-hydroxylation sites is 1. The van der Waals surface area contributed by atoms with Crippen LogP contribution in [0.2, 0.25) is 0 Å². The topological polar surface area (TPSA) is 67.0 Å². The molecule has 0 spiro atoms. The number of anilines is 2. The van der Waals surface area contributed by atoms with Gasteiger partial charge in [0.1, 0.15) is 5.69 Å². The minimum atomic E-state index is -0.370. The van der Waals surface area contributed by atoms with Crippen molar-refractivity contribution in [3.8, 4) is 0 Å². The monoisotopic (exact) mass is 281 g/mol. The zero-order valence-electron chi connectivity index (χ0n) is 11.6. The number of carbonyl (C=O) groups excluding carboxylic acids is 1. The molecule has 0 unspecified atom stereocenters. The van der Waals surface area contributed by atoms with E-state index < -0.39 is 0 Å². The highest BCUT2D eigenvalue weighted by Gasteiger charge is 2.18. The Kier molecular flexibility index (Phi) is 3.55. The summed E-state index contributed by atoms with van der Waals surface area (Å²) < 4.78 is 5.11. The second-order valence-corrected chi connectivity index (χ2v) is 4.50. The van der Waals surface area contributed by atoms with E-state index in [4.69, 9.17) is 4.74 Å². The predicted molar refractivity (Wildman–Crippen MR) is 81.8 cm³/mol. The van der Waals surface area contributed by atoms with Crippen molar-refractivity contribution in [3.05, 3.63) is 54.5 Å². The number of hydrogen-bond donors (Lipinski definition) is 2. The van der Waals surface area contributed by atoms with Gasteiger partial charge < -0.3 is 15.0 Å². The molecule has 106 valence electrons. The Morgan fingerprint density at radius 3 is 2.76 bits per heavy atom. The van der Waals surface area contributed by atoms with E-state index in [0.29, 0.717) is 12.3 Å². The van der Waals surface area contributed by atoms with E-state index in [1.165, 1.54) is 0 Å². The van der Waals surface area contributed by atoms with Crippen molar-refractivity contribution in [2.45, 2.75) is 6.92 Å². The fraction of sp³-hybridized carbons (Fsp3) is 0.125. The summed E-state index contributed by atoms with van der Waals surface area (Å²) in [5.74, 6) is -0.370. The normalized spacial score (nSPS) is 10.5. The average molecular weight is 281 g/mol. The van der Waals surface area contributed by atoms with Gasteiger partial charge in [0.15, 0.2) is 0 Å². The Balaban J connectivity index is 2.09. The molecule has 0 saturated heterocycles. The van der Waals surface area contributed by atoms with Crippen LogP contribution >= 0.6 is 0 Å². The van der Waals surface area contributed by atoms with Gasteiger partial charge in [0, 0.05) is 29.0 Å². The molecule has 0 saturated carbocycles. The summed E-state index contributed by atoms with van der Waals surface area (Å²) in [7, 11) is 0. The van der Waals surface area contributed by atoms with Crippen LogP contribution < -0.4 is 5.32 Å². The van der Waals surface area contributed by atoms with Crippen molar-refractivity contribution in [3.63, 3.8) is 0 Å². The number of hydrogen-bond acceptors (Lipinski definition) is 4. The van der Waals surface area contributed by atoms with Gasteiger partial charge in [-0.15, -0.1) is 0 Å². The molecular formula is C16H15N3O2. The van der Waals surface area contributed by atoms with Crippen molar-refractivity contribution in [1.82, 2.24) is 9.97 Å². The van der Waals surface area contributed by atoms with Crippen molar-refractivity contribution < 1.29 is 9.53 Å². The Bertz CT molecular complexity index is 766. The Labute approximate surface area is 122 Å². The molecule has 0 atom stereocenters. The molecule has 5 nitrogen and oxygen atoms in total. The van der Waals surface area contributed by atoms with Crippen LogP contribution in [-0.4, -0.2) is 22.5 Å². The fourth-order valence-corrected chi connectivity index (χ4v) is 2.21. The third-order valence-electron chi connectivity index (χ3n) is 3.14. The number of nitrogens with zero attached hydrogens (tertiary/aromatic N) is 1. The number of pyridine rings is 1. The first-order chi connectivity index (χ1) is 10.3. The summed E-state index contributed by atoms with van der Waals surface area (Å²) >= 11 is 0. The molecule has 0 amide bonds. The van der Waals surface area contributed by atoms with Crippen LogP contribution in [0.4, 0.5) is 11.4 Å². The third kappa shape index (κ3) is 2.58. The third-order valence-corrected chi connectivity index (χ3v) is 3.14. The molecule has 1 aromatic carbocycles. The van der Waals surface area contributed by atoms with Crippen LogP contribution in [0, 0.1) is 0 Å². The number of aromatic nitrogens is 2. The van der Waals surface area contributed by atoms with Crippen LogP contribution in [0.1, 0.15) is 17.4 Å². The lowest BCUT2D eigenvalue weighted by atomic mass is 10.2. The van der Waals surface area contributed by atoms with Gasteiger partial charge in [-0.25, -0.2) is 4.79 Å². The minimum absolute atomic E-state index is 0.336. The molecule has 0 bridgehead atoms. The first-order valence-corrected chi connectivity index (χ1v) is 6.74. The van der Waals surface area contributed by atoms with Gasteiger partial charge in [0.2, 0.25) is 0 Å². The smallest absolute Gasteiger partial charge is 0.356 e. The molecule has 0 fully saturated rings. The maximum Gasteiger partial charge on any atom is 0.356 e. The van der Waals surface area contributed by atoms with Gasteiger partial charge in [-0.3, -0.25) is 4.98 Å². The Morgan fingerprint density at radius 2 is 2.00 bits per heavy atom. The second-order valence-electron chi connectivity index (χ2n) is 4.50. The van der Waals surface area contributed by atoms with Crippen molar-refractivity contribution in [2.75, 3.05) is 11.9 Å². The lowest BCUT2D eigenvalue weighted by Gasteiger charge is -2.07. The average Bonchev–Trinajstić information content (AvgIpc) is 2.88. The highest BCUT2D eigenvalue weighted by atomic mass is 16.5. The number of H-pyrrole nitrogens is 1. The Hall–Kier alpha value is -2.82. The zero-order chi connectivity index (χ0) is 14.7. The highest BCUT2D eigenvalue weighted by molar-refractivity contribution is 6.07. The predicted octanol–water partition coefficient (Wildman–Crippen LogP) is 3.48. The van der Waals surface area contributed by atoms with E-state index in [1.54, 1.807) is 19.3 Å². The SMILES string of the molecule is CCOC(=O)c1[nH]c2ccccc2c1Nc1ccncc1. The number of nitrogens with one attached hydrogen (secondary N) is 2.